The summed E-state index contributed by atoms with van der Waals surface area (Å²) in [6.07, 6.45) is 1.98. The molecule has 0 aliphatic rings. The quantitative estimate of drug-likeness (QED) is 0.780. The van der Waals surface area contributed by atoms with Gasteiger partial charge >= 0.3 is 0 Å². The monoisotopic (exact) mass is 211 g/mol. The summed E-state index contributed by atoms with van der Waals surface area (Å²) in [6.45, 7) is 5.06. The van der Waals surface area contributed by atoms with E-state index in [-0.39, 0.29) is 0 Å². The molecule has 1 N–H and O–H groups in total. The first kappa shape index (κ1) is 12.0. The summed E-state index contributed by atoms with van der Waals surface area (Å²) in [6, 6.07) is 2.57. The molecule has 0 bridgehead atoms. The van der Waals surface area contributed by atoms with E-state index in [4.69, 9.17) is 4.74 Å². The number of rotatable bonds is 6. The Balaban J connectivity index is 2.60. The van der Waals surface area contributed by atoms with Gasteiger partial charge in [0.25, 0.3) is 0 Å². The summed E-state index contributed by atoms with van der Waals surface area (Å²) >= 11 is 0. The van der Waals surface area contributed by atoms with Crippen molar-refractivity contribution in [3.63, 3.8) is 0 Å². The van der Waals surface area contributed by atoms with Crippen molar-refractivity contribution in [3.8, 4) is 0 Å². The zero-order valence-corrected chi connectivity index (χ0v) is 10.1. The lowest BCUT2D eigenvalue weighted by atomic mass is 10.2. The molecule has 4 heteroatoms. The Morgan fingerprint density at radius 3 is 2.93 bits per heavy atom. The second-order valence-electron chi connectivity index (χ2n) is 3.84. The zero-order valence-electron chi connectivity index (χ0n) is 10.1. The van der Waals surface area contributed by atoms with E-state index in [1.165, 1.54) is 0 Å². The van der Waals surface area contributed by atoms with Crippen LogP contribution in [0.25, 0.3) is 0 Å². The molecule has 1 aromatic rings. The van der Waals surface area contributed by atoms with Gasteiger partial charge in [-0.25, -0.2) is 0 Å². The van der Waals surface area contributed by atoms with Crippen LogP contribution in [0.3, 0.4) is 0 Å². The molecule has 15 heavy (non-hydrogen) atoms. The van der Waals surface area contributed by atoms with Crippen molar-refractivity contribution >= 4 is 5.82 Å². The fraction of sp³-hybridized carbons (Fsp3) is 0.727. The van der Waals surface area contributed by atoms with E-state index in [1.54, 1.807) is 7.11 Å². The summed E-state index contributed by atoms with van der Waals surface area (Å²) in [5, 5.41) is 7.83. The molecule has 0 radical (unpaired) electrons. The fourth-order valence-electron chi connectivity index (χ4n) is 1.35. The number of anilines is 1. The maximum atomic E-state index is 5.03. The van der Waals surface area contributed by atoms with Gasteiger partial charge < -0.3 is 10.1 Å². The van der Waals surface area contributed by atoms with Crippen molar-refractivity contribution in [1.82, 2.24) is 9.78 Å². The van der Waals surface area contributed by atoms with E-state index in [1.807, 2.05) is 11.7 Å². The summed E-state index contributed by atoms with van der Waals surface area (Å²) in [5.41, 5.74) is 1.07. The summed E-state index contributed by atoms with van der Waals surface area (Å²) in [7, 11) is 3.67. The van der Waals surface area contributed by atoms with Gasteiger partial charge in [-0.05, 0) is 13.3 Å². The van der Waals surface area contributed by atoms with Gasteiger partial charge in [-0.1, -0.05) is 6.92 Å². The molecule has 1 heterocycles. The van der Waals surface area contributed by atoms with Crippen LogP contribution in [0.2, 0.25) is 0 Å². The van der Waals surface area contributed by atoms with Gasteiger partial charge in [0.15, 0.2) is 0 Å². The highest BCUT2D eigenvalue weighted by atomic mass is 16.5. The highest BCUT2D eigenvalue weighted by molar-refractivity contribution is 5.37. The number of ether oxygens (including phenoxy) is 1. The van der Waals surface area contributed by atoms with Crippen molar-refractivity contribution < 1.29 is 4.74 Å². The number of aromatic nitrogens is 2. The third-order valence-corrected chi connectivity index (χ3v) is 2.50. The fourth-order valence-corrected chi connectivity index (χ4v) is 1.35. The Labute approximate surface area is 91.6 Å². The highest BCUT2D eigenvalue weighted by Crippen LogP contribution is 2.11. The van der Waals surface area contributed by atoms with Gasteiger partial charge in [-0.15, -0.1) is 0 Å². The maximum Gasteiger partial charge on any atom is 0.124 e. The SMILES string of the molecule is CCC(C)Nc1cc(CCOC)nn1C. The molecule has 0 saturated carbocycles. The van der Waals surface area contributed by atoms with Gasteiger partial charge in [0.2, 0.25) is 0 Å². The van der Waals surface area contributed by atoms with Crippen LogP contribution >= 0.6 is 0 Å². The number of hydrogen-bond donors (Lipinski definition) is 1. The minimum Gasteiger partial charge on any atom is -0.384 e. The van der Waals surface area contributed by atoms with E-state index in [0.29, 0.717) is 6.04 Å². The standard InChI is InChI=1S/C11H21N3O/c1-5-9(2)12-11-8-10(6-7-15-4)13-14(11)3/h8-9,12H,5-7H2,1-4H3. The smallest absolute Gasteiger partial charge is 0.124 e. The van der Waals surface area contributed by atoms with Crippen molar-refractivity contribution in [2.75, 3.05) is 19.0 Å². The third-order valence-electron chi connectivity index (χ3n) is 2.50. The van der Waals surface area contributed by atoms with Gasteiger partial charge in [0.1, 0.15) is 5.82 Å². The number of methoxy groups -OCH3 is 1. The summed E-state index contributed by atoms with van der Waals surface area (Å²) < 4.78 is 6.91. The zero-order chi connectivity index (χ0) is 11.3. The first-order valence-corrected chi connectivity index (χ1v) is 5.45. The van der Waals surface area contributed by atoms with Gasteiger partial charge in [-0.3, -0.25) is 4.68 Å². The average Bonchev–Trinajstić information content (AvgIpc) is 2.56. The number of nitrogens with zero attached hydrogens (tertiary/aromatic N) is 2. The van der Waals surface area contributed by atoms with Crippen LogP contribution in [-0.2, 0) is 18.2 Å². The topological polar surface area (TPSA) is 39.1 Å². The van der Waals surface area contributed by atoms with E-state index < -0.39 is 0 Å². The minimum atomic E-state index is 0.482. The summed E-state index contributed by atoms with van der Waals surface area (Å²) in [4.78, 5) is 0. The predicted octanol–water partition coefficient (Wildman–Crippen LogP) is 1.82. The molecular weight excluding hydrogens is 190 g/mol. The molecule has 0 aliphatic heterocycles. The number of hydrogen-bond acceptors (Lipinski definition) is 3. The molecule has 1 aromatic heterocycles. The van der Waals surface area contributed by atoms with Crippen LogP contribution in [0.5, 0.6) is 0 Å². The van der Waals surface area contributed by atoms with Crippen molar-refractivity contribution in [1.29, 1.82) is 0 Å². The molecule has 1 atom stereocenters. The van der Waals surface area contributed by atoms with Crippen LogP contribution in [-0.4, -0.2) is 29.5 Å². The second kappa shape index (κ2) is 5.75. The molecule has 0 aromatic carbocycles. The first-order chi connectivity index (χ1) is 7.17. The molecule has 0 fully saturated rings. The summed E-state index contributed by atoms with van der Waals surface area (Å²) in [5.74, 6) is 1.08. The van der Waals surface area contributed by atoms with Crippen LogP contribution in [0.15, 0.2) is 6.07 Å². The second-order valence-corrected chi connectivity index (χ2v) is 3.84. The molecule has 0 aliphatic carbocycles. The van der Waals surface area contributed by atoms with Crippen molar-refractivity contribution in [2.24, 2.45) is 7.05 Å². The normalized spacial score (nSPS) is 12.8. The Morgan fingerprint density at radius 2 is 2.33 bits per heavy atom. The molecule has 0 amide bonds. The minimum absolute atomic E-state index is 0.482. The van der Waals surface area contributed by atoms with E-state index in [9.17, 15) is 0 Å². The van der Waals surface area contributed by atoms with E-state index >= 15 is 0 Å². The van der Waals surface area contributed by atoms with Crippen LogP contribution in [0.4, 0.5) is 5.82 Å². The Hall–Kier alpha value is -1.03. The molecule has 0 spiro atoms. The molecule has 86 valence electrons. The van der Waals surface area contributed by atoms with Crippen molar-refractivity contribution in [2.45, 2.75) is 32.7 Å². The largest absolute Gasteiger partial charge is 0.384 e. The predicted molar refractivity (Wildman–Crippen MR) is 62.2 cm³/mol. The first-order valence-electron chi connectivity index (χ1n) is 5.45. The van der Waals surface area contributed by atoms with Gasteiger partial charge in [0.05, 0.1) is 12.3 Å². The lowest BCUT2D eigenvalue weighted by molar-refractivity contribution is 0.201. The van der Waals surface area contributed by atoms with E-state index in [0.717, 1.165) is 31.0 Å². The van der Waals surface area contributed by atoms with Crippen LogP contribution in [0.1, 0.15) is 26.0 Å². The third kappa shape index (κ3) is 3.55. The Morgan fingerprint density at radius 1 is 1.60 bits per heavy atom. The van der Waals surface area contributed by atoms with Gasteiger partial charge in [0, 0.05) is 32.7 Å². The van der Waals surface area contributed by atoms with E-state index in [2.05, 4.69) is 30.3 Å². The number of aryl methyl sites for hydroxylation is 1. The van der Waals surface area contributed by atoms with Crippen molar-refractivity contribution in [3.05, 3.63) is 11.8 Å². The molecule has 1 rings (SSSR count). The average molecular weight is 211 g/mol. The lowest BCUT2D eigenvalue weighted by Crippen LogP contribution is -2.15. The van der Waals surface area contributed by atoms with Crippen LogP contribution < -0.4 is 5.32 Å². The van der Waals surface area contributed by atoms with Crippen LogP contribution in [0, 0.1) is 0 Å². The van der Waals surface area contributed by atoms with Gasteiger partial charge in [-0.2, -0.15) is 5.10 Å². The highest BCUT2D eigenvalue weighted by Gasteiger charge is 2.06. The Kier molecular flexibility index (Phi) is 4.62. The Bertz CT molecular complexity index is 296. The molecule has 4 nitrogen and oxygen atoms in total. The maximum absolute atomic E-state index is 5.03. The number of nitrogens with one attached hydrogen (secondary N) is 1. The lowest BCUT2D eigenvalue weighted by Gasteiger charge is -2.11. The molecule has 1 unspecified atom stereocenters. The molecule has 0 saturated heterocycles. The molecular formula is C11H21N3O.